The highest BCUT2D eigenvalue weighted by Gasteiger charge is 2.19. The largest absolute Gasteiger partial charge is 0.462 e. The van der Waals surface area contributed by atoms with Gasteiger partial charge in [-0.2, -0.15) is 0 Å². The van der Waals surface area contributed by atoms with Gasteiger partial charge in [0.2, 0.25) is 0 Å². The average Bonchev–Trinajstić information content (AvgIpc) is 3.49. The van der Waals surface area contributed by atoms with Gasteiger partial charge in [-0.05, 0) is 89.9 Å². The van der Waals surface area contributed by atoms with Crippen LogP contribution in [0, 0.1) is 0 Å². The number of hydrogen-bond donors (Lipinski definition) is 0. The summed E-state index contributed by atoms with van der Waals surface area (Å²) in [4.78, 5) is 38.4. The first-order valence-electron chi connectivity index (χ1n) is 36.4. The van der Waals surface area contributed by atoms with Crippen LogP contribution in [0.3, 0.4) is 0 Å². The minimum atomic E-state index is -0.781. The molecule has 0 heterocycles. The maximum Gasteiger partial charge on any atom is 0.306 e. The maximum absolute atomic E-state index is 12.9. The SMILES string of the molecule is CC/C=C\C/C=C\C/C=C\CCCCCCCC(=O)OCC(COC(=O)CCCCCCCCCCCCCCCCCCCC/C=C\C/C=C\C/C=C\CCCCCCC)OC(=O)CCCCCCCCCCCCCCCCCCC. The van der Waals surface area contributed by atoms with Crippen molar-refractivity contribution in [3.63, 3.8) is 0 Å². The molecule has 0 aliphatic carbocycles. The third-order valence-electron chi connectivity index (χ3n) is 16.2. The Hall–Kier alpha value is -3.15. The predicted molar refractivity (Wildman–Crippen MR) is 362 cm³/mol. The molecule has 0 aliphatic heterocycles. The molecule has 0 fully saturated rings. The Morgan fingerprint density at radius 1 is 0.253 bits per heavy atom. The highest BCUT2D eigenvalue weighted by Crippen LogP contribution is 2.18. The normalized spacial score (nSPS) is 12.5. The van der Waals surface area contributed by atoms with Crippen LogP contribution >= 0.6 is 0 Å². The first-order chi connectivity index (χ1) is 41.0. The van der Waals surface area contributed by atoms with Gasteiger partial charge in [-0.15, -0.1) is 0 Å². The van der Waals surface area contributed by atoms with E-state index in [0.29, 0.717) is 19.3 Å². The summed E-state index contributed by atoms with van der Waals surface area (Å²) in [7, 11) is 0. The van der Waals surface area contributed by atoms with Gasteiger partial charge in [0, 0.05) is 19.3 Å². The number of allylic oxidation sites excluding steroid dienone is 12. The van der Waals surface area contributed by atoms with Gasteiger partial charge in [-0.25, -0.2) is 0 Å². The Labute approximate surface area is 516 Å². The molecule has 0 amide bonds. The molecule has 0 bridgehead atoms. The third-order valence-corrected chi connectivity index (χ3v) is 16.2. The Balaban J connectivity index is 4.17. The van der Waals surface area contributed by atoms with Crippen molar-refractivity contribution in [1.29, 1.82) is 0 Å². The van der Waals surface area contributed by atoms with Crippen LogP contribution in [0.2, 0.25) is 0 Å². The summed E-state index contributed by atoms with van der Waals surface area (Å²) in [6, 6.07) is 0. The van der Waals surface area contributed by atoms with Crippen molar-refractivity contribution in [2.45, 2.75) is 386 Å². The second kappa shape index (κ2) is 71.3. The lowest BCUT2D eigenvalue weighted by Gasteiger charge is -2.18. The maximum atomic E-state index is 12.9. The molecule has 1 atom stereocenters. The Morgan fingerprint density at radius 3 is 0.735 bits per heavy atom. The van der Waals surface area contributed by atoms with E-state index in [1.807, 2.05) is 0 Å². The van der Waals surface area contributed by atoms with E-state index < -0.39 is 6.10 Å². The highest BCUT2D eigenvalue weighted by molar-refractivity contribution is 5.71. The standard InChI is InChI=1S/C77H138O6/c1-4-7-10-13-16-19-22-25-28-30-31-32-33-34-35-36-37-38-39-40-41-42-43-44-45-47-49-52-55-58-61-64-67-70-76(79)82-73-74(72-81-75(78)69-66-63-60-57-54-51-48-27-24-21-18-15-12-9-6-3)83-77(80)71-68-65-62-59-56-53-50-46-29-26-23-20-17-14-11-8-5-2/h9,12,18,21-22,25,27,30-31,33-34,48,74H,4-8,10-11,13-17,19-20,23-24,26,28-29,32,35-47,49-73H2,1-3H3/b12-9-,21-18-,25-22-,31-30-,34-33-,48-27-. The first kappa shape index (κ1) is 79.8. The fourth-order valence-corrected chi connectivity index (χ4v) is 10.8. The average molecular weight is 1160 g/mol. The van der Waals surface area contributed by atoms with E-state index in [1.54, 1.807) is 0 Å². The quantitative estimate of drug-likeness (QED) is 0.0261. The molecule has 0 aromatic rings. The van der Waals surface area contributed by atoms with Crippen molar-refractivity contribution in [1.82, 2.24) is 0 Å². The zero-order valence-corrected chi connectivity index (χ0v) is 55.5. The van der Waals surface area contributed by atoms with Crippen molar-refractivity contribution in [2.75, 3.05) is 13.2 Å². The second-order valence-corrected chi connectivity index (χ2v) is 24.5. The Morgan fingerprint density at radius 2 is 0.470 bits per heavy atom. The Bertz CT molecular complexity index is 1520. The molecule has 0 saturated heterocycles. The van der Waals surface area contributed by atoms with Crippen LogP contribution in [0.25, 0.3) is 0 Å². The van der Waals surface area contributed by atoms with Crippen LogP contribution in [-0.4, -0.2) is 37.2 Å². The van der Waals surface area contributed by atoms with Crippen LogP contribution < -0.4 is 0 Å². The van der Waals surface area contributed by atoms with Gasteiger partial charge in [-0.3, -0.25) is 14.4 Å². The fraction of sp³-hybridized carbons (Fsp3) is 0.805. The van der Waals surface area contributed by atoms with Crippen molar-refractivity contribution in [3.8, 4) is 0 Å². The zero-order valence-electron chi connectivity index (χ0n) is 55.5. The molecular formula is C77H138O6. The van der Waals surface area contributed by atoms with Crippen molar-refractivity contribution >= 4 is 17.9 Å². The minimum Gasteiger partial charge on any atom is -0.462 e. The summed E-state index contributed by atoms with van der Waals surface area (Å²) in [6.07, 6.45) is 93.7. The van der Waals surface area contributed by atoms with E-state index >= 15 is 0 Å². The number of hydrogen-bond acceptors (Lipinski definition) is 6. The lowest BCUT2D eigenvalue weighted by atomic mass is 10.0. The lowest BCUT2D eigenvalue weighted by molar-refractivity contribution is -0.167. The smallest absolute Gasteiger partial charge is 0.306 e. The van der Waals surface area contributed by atoms with Crippen molar-refractivity contribution in [3.05, 3.63) is 72.9 Å². The molecule has 0 aromatic heterocycles. The number of unbranched alkanes of at least 4 members (excludes halogenated alkanes) is 44. The summed E-state index contributed by atoms with van der Waals surface area (Å²) in [5.41, 5.74) is 0. The number of carbonyl (C=O) groups is 3. The van der Waals surface area contributed by atoms with E-state index in [0.717, 1.165) is 109 Å². The van der Waals surface area contributed by atoms with E-state index in [2.05, 4.69) is 93.7 Å². The molecule has 0 N–H and O–H groups in total. The number of carbonyl (C=O) groups excluding carboxylic acids is 3. The van der Waals surface area contributed by atoms with E-state index in [1.165, 1.54) is 231 Å². The summed E-state index contributed by atoms with van der Waals surface area (Å²) < 4.78 is 17.0. The molecular weight excluding hydrogens is 1020 g/mol. The molecule has 6 nitrogen and oxygen atoms in total. The van der Waals surface area contributed by atoms with E-state index in [-0.39, 0.29) is 31.1 Å². The van der Waals surface area contributed by atoms with Gasteiger partial charge in [0.05, 0.1) is 0 Å². The number of rotatable bonds is 67. The molecule has 0 spiro atoms. The number of ether oxygens (including phenoxy) is 3. The Kier molecular flexibility index (Phi) is 68.6. The topological polar surface area (TPSA) is 78.9 Å². The molecule has 0 saturated carbocycles. The predicted octanol–water partition coefficient (Wildman–Crippen LogP) is 25.2. The lowest BCUT2D eigenvalue weighted by Crippen LogP contribution is -2.30. The summed E-state index contributed by atoms with van der Waals surface area (Å²) in [6.45, 7) is 6.56. The van der Waals surface area contributed by atoms with E-state index in [9.17, 15) is 14.4 Å². The van der Waals surface area contributed by atoms with Crippen molar-refractivity contribution in [2.24, 2.45) is 0 Å². The van der Waals surface area contributed by atoms with Crippen molar-refractivity contribution < 1.29 is 28.6 Å². The first-order valence-corrected chi connectivity index (χ1v) is 36.4. The molecule has 1 unspecified atom stereocenters. The van der Waals surface area contributed by atoms with Gasteiger partial charge in [-0.1, -0.05) is 344 Å². The van der Waals surface area contributed by atoms with Crippen LogP contribution in [-0.2, 0) is 28.6 Å². The van der Waals surface area contributed by atoms with Crippen LogP contribution in [0.15, 0.2) is 72.9 Å². The molecule has 0 aliphatic rings. The number of esters is 3. The zero-order chi connectivity index (χ0) is 59.9. The highest BCUT2D eigenvalue weighted by atomic mass is 16.6. The van der Waals surface area contributed by atoms with Gasteiger partial charge >= 0.3 is 17.9 Å². The minimum absolute atomic E-state index is 0.0759. The molecule has 482 valence electrons. The van der Waals surface area contributed by atoms with Gasteiger partial charge in [0.25, 0.3) is 0 Å². The molecule has 0 rings (SSSR count). The molecule has 6 heteroatoms. The summed E-state index contributed by atoms with van der Waals surface area (Å²) in [5, 5.41) is 0. The summed E-state index contributed by atoms with van der Waals surface area (Å²) >= 11 is 0. The second-order valence-electron chi connectivity index (χ2n) is 24.5. The van der Waals surface area contributed by atoms with Crippen LogP contribution in [0.1, 0.15) is 380 Å². The van der Waals surface area contributed by atoms with E-state index in [4.69, 9.17) is 14.2 Å². The van der Waals surface area contributed by atoms with Gasteiger partial charge in [0.1, 0.15) is 13.2 Å². The monoisotopic (exact) mass is 1160 g/mol. The van der Waals surface area contributed by atoms with Gasteiger partial charge < -0.3 is 14.2 Å². The molecule has 0 radical (unpaired) electrons. The third kappa shape index (κ3) is 69.5. The van der Waals surface area contributed by atoms with Crippen LogP contribution in [0.5, 0.6) is 0 Å². The van der Waals surface area contributed by atoms with Crippen LogP contribution in [0.4, 0.5) is 0 Å². The fourth-order valence-electron chi connectivity index (χ4n) is 10.8. The summed E-state index contributed by atoms with van der Waals surface area (Å²) in [5.74, 6) is -0.869. The van der Waals surface area contributed by atoms with Gasteiger partial charge in [0.15, 0.2) is 6.10 Å². The molecule has 83 heavy (non-hydrogen) atoms. The molecule has 0 aromatic carbocycles.